The summed E-state index contributed by atoms with van der Waals surface area (Å²) >= 11 is 1.79. The lowest BCUT2D eigenvalue weighted by Crippen LogP contribution is -2.45. The SMILES string of the molecule is CSC1(CNC(=O)c2ccc(C#CCN)c(F)c2)CCC1. The molecular formula is C16H19FN2OS. The van der Waals surface area contributed by atoms with E-state index in [0.717, 1.165) is 12.8 Å². The molecule has 0 spiro atoms. The fraction of sp³-hybridized carbons (Fsp3) is 0.438. The molecule has 2 rings (SSSR count). The molecule has 1 amide bonds. The molecule has 5 heteroatoms. The van der Waals surface area contributed by atoms with Crippen molar-refractivity contribution in [2.24, 2.45) is 5.73 Å². The molecule has 0 saturated heterocycles. The van der Waals surface area contributed by atoms with Crippen LogP contribution in [0.5, 0.6) is 0 Å². The second-order valence-electron chi connectivity index (χ2n) is 5.12. The van der Waals surface area contributed by atoms with Crippen LogP contribution in [0.1, 0.15) is 35.2 Å². The van der Waals surface area contributed by atoms with E-state index in [2.05, 4.69) is 23.4 Å². The van der Waals surface area contributed by atoms with Crippen molar-refractivity contribution in [2.45, 2.75) is 24.0 Å². The van der Waals surface area contributed by atoms with Gasteiger partial charge in [-0.2, -0.15) is 11.8 Å². The third kappa shape index (κ3) is 3.78. The molecule has 1 aliphatic carbocycles. The molecule has 0 aliphatic heterocycles. The number of halogens is 1. The van der Waals surface area contributed by atoms with Crippen LogP contribution in [0.3, 0.4) is 0 Å². The molecule has 1 aliphatic rings. The van der Waals surface area contributed by atoms with Crippen molar-refractivity contribution in [3.8, 4) is 11.8 Å². The molecule has 1 saturated carbocycles. The molecule has 112 valence electrons. The zero-order valence-electron chi connectivity index (χ0n) is 12.0. The lowest BCUT2D eigenvalue weighted by Gasteiger charge is -2.40. The van der Waals surface area contributed by atoms with Crippen LogP contribution in [-0.4, -0.2) is 30.0 Å². The van der Waals surface area contributed by atoms with Gasteiger partial charge in [0, 0.05) is 16.9 Å². The van der Waals surface area contributed by atoms with Crippen LogP contribution >= 0.6 is 11.8 Å². The highest BCUT2D eigenvalue weighted by Gasteiger charge is 2.36. The smallest absolute Gasteiger partial charge is 0.251 e. The summed E-state index contributed by atoms with van der Waals surface area (Å²) < 4.78 is 14.0. The maximum absolute atomic E-state index is 13.8. The maximum Gasteiger partial charge on any atom is 0.251 e. The Hall–Kier alpha value is -1.51. The summed E-state index contributed by atoms with van der Waals surface area (Å²) in [4.78, 5) is 12.1. The highest BCUT2D eigenvalue weighted by Crippen LogP contribution is 2.42. The van der Waals surface area contributed by atoms with Crippen molar-refractivity contribution in [1.82, 2.24) is 5.32 Å². The Labute approximate surface area is 128 Å². The van der Waals surface area contributed by atoms with E-state index in [1.54, 1.807) is 17.8 Å². The zero-order valence-corrected chi connectivity index (χ0v) is 12.9. The van der Waals surface area contributed by atoms with Gasteiger partial charge in [-0.05, 0) is 37.3 Å². The number of nitrogens with two attached hydrogens (primary N) is 1. The molecule has 1 aromatic carbocycles. The first-order valence-electron chi connectivity index (χ1n) is 6.92. The maximum atomic E-state index is 13.8. The Bertz CT molecular complexity index is 582. The summed E-state index contributed by atoms with van der Waals surface area (Å²) in [5.74, 6) is 4.50. The summed E-state index contributed by atoms with van der Waals surface area (Å²) in [5, 5.41) is 2.90. The number of thioether (sulfide) groups is 1. The van der Waals surface area contributed by atoms with E-state index >= 15 is 0 Å². The quantitative estimate of drug-likeness (QED) is 0.838. The highest BCUT2D eigenvalue weighted by atomic mass is 32.2. The number of benzene rings is 1. The minimum atomic E-state index is -0.494. The van der Waals surface area contributed by atoms with Crippen molar-refractivity contribution >= 4 is 17.7 Å². The van der Waals surface area contributed by atoms with Gasteiger partial charge in [0.05, 0.1) is 12.1 Å². The normalized spacial score (nSPS) is 15.6. The first-order chi connectivity index (χ1) is 10.1. The topological polar surface area (TPSA) is 55.1 Å². The number of hydrogen-bond donors (Lipinski definition) is 2. The minimum absolute atomic E-state index is 0.167. The van der Waals surface area contributed by atoms with Crippen LogP contribution in [0, 0.1) is 17.7 Å². The molecular weight excluding hydrogens is 287 g/mol. The number of carbonyl (C=O) groups excluding carboxylic acids is 1. The number of carbonyl (C=O) groups is 1. The van der Waals surface area contributed by atoms with Gasteiger partial charge in [-0.25, -0.2) is 4.39 Å². The van der Waals surface area contributed by atoms with Crippen molar-refractivity contribution < 1.29 is 9.18 Å². The molecule has 3 nitrogen and oxygen atoms in total. The predicted molar refractivity (Wildman–Crippen MR) is 84.8 cm³/mol. The number of amides is 1. The van der Waals surface area contributed by atoms with Crippen LogP contribution in [0.4, 0.5) is 4.39 Å². The average molecular weight is 306 g/mol. The minimum Gasteiger partial charge on any atom is -0.351 e. The third-order valence-corrected chi connectivity index (χ3v) is 5.24. The molecule has 0 aromatic heterocycles. The first kappa shape index (κ1) is 15.9. The van der Waals surface area contributed by atoms with Gasteiger partial charge in [0.2, 0.25) is 0 Å². The fourth-order valence-corrected chi connectivity index (χ4v) is 3.19. The van der Waals surface area contributed by atoms with Gasteiger partial charge in [0.25, 0.3) is 5.91 Å². The molecule has 0 bridgehead atoms. The van der Waals surface area contributed by atoms with Gasteiger partial charge in [-0.3, -0.25) is 4.79 Å². The molecule has 0 radical (unpaired) electrons. The summed E-state index contributed by atoms with van der Waals surface area (Å²) in [6.45, 7) is 0.807. The van der Waals surface area contributed by atoms with Gasteiger partial charge in [-0.1, -0.05) is 18.3 Å². The van der Waals surface area contributed by atoms with Crippen molar-refractivity contribution in [3.63, 3.8) is 0 Å². The molecule has 0 heterocycles. The molecule has 3 N–H and O–H groups in total. The third-order valence-electron chi connectivity index (χ3n) is 3.83. The fourth-order valence-electron chi connectivity index (χ4n) is 2.27. The van der Waals surface area contributed by atoms with Crippen LogP contribution < -0.4 is 11.1 Å². The number of nitrogens with one attached hydrogen (secondary N) is 1. The average Bonchev–Trinajstić information content (AvgIpc) is 2.45. The molecule has 1 aromatic rings. The van der Waals surface area contributed by atoms with Gasteiger partial charge in [0.1, 0.15) is 5.82 Å². The summed E-state index contributed by atoms with van der Waals surface area (Å²) in [6.07, 6.45) is 5.52. The van der Waals surface area contributed by atoms with Crippen LogP contribution in [0.25, 0.3) is 0 Å². The second kappa shape index (κ2) is 6.97. The standard InChI is InChI=1S/C16H19FN2OS/c1-21-16(7-3-8-16)11-19-15(20)13-6-5-12(4-2-9-18)14(17)10-13/h5-6,10H,3,7-9,11,18H2,1H3,(H,19,20). The van der Waals surface area contributed by atoms with E-state index < -0.39 is 5.82 Å². The Balaban J connectivity index is 2.01. The monoisotopic (exact) mass is 306 g/mol. The zero-order chi connectivity index (χ0) is 15.3. The lowest BCUT2D eigenvalue weighted by atomic mass is 9.84. The van der Waals surface area contributed by atoms with Gasteiger partial charge in [-0.15, -0.1) is 0 Å². The van der Waals surface area contributed by atoms with E-state index in [-0.39, 0.29) is 22.8 Å². The van der Waals surface area contributed by atoms with E-state index in [9.17, 15) is 9.18 Å². The van der Waals surface area contributed by atoms with Crippen LogP contribution in [-0.2, 0) is 0 Å². The Kier molecular flexibility index (Phi) is 5.27. The van der Waals surface area contributed by atoms with Gasteiger partial charge < -0.3 is 11.1 Å². The predicted octanol–water partition coefficient (Wildman–Crippen LogP) is 2.15. The second-order valence-corrected chi connectivity index (χ2v) is 6.40. The largest absolute Gasteiger partial charge is 0.351 e. The van der Waals surface area contributed by atoms with Crippen molar-refractivity contribution in [3.05, 3.63) is 35.1 Å². The van der Waals surface area contributed by atoms with Gasteiger partial charge >= 0.3 is 0 Å². The Morgan fingerprint density at radius 2 is 2.29 bits per heavy atom. The summed E-state index contributed by atoms with van der Waals surface area (Å²) in [7, 11) is 0. The van der Waals surface area contributed by atoms with Gasteiger partial charge in [0.15, 0.2) is 0 Å². The molecule has 1 fully saturated rings. The van der Waals surface area contributed by atoms with E-state index in [0.29, 0.717) is 12.1 Å². The summed E-state index contributed by atoms with van der Waals surface area (Å²) in [5.41, 5.74) is 5.84. The highest BCUT2D eigenvalue weighted by molar-refractivity contribution is 8.00. The van der Waals surface area contributed by atoms with E-state index in [1.165, 1.54) is 18.6 Å². The van der Waals surface area contributed by atoms with E-state index in [4.69, 9.17) is 5.73 Å². The Morgan fingerprint density at radius 3 is 2.81 bits per heavy atom. The van der Waals surface area contributed by atoms with Crippen LogP contribution in [0.2, 0.25) is 0 Å². The molecule has 0 unspecified atom stereocenters. The number of hydrogen-bond acceptors (Lipinski definition) is 3. The summed E-state index contributed by atoms with van der Waals surface area (Å²) in [6, 6.07) is 4.33. The van der Waals surface area contributed by atoms with Crippen molar-refractivity contribution in [2.75, 3.05) is 19.3 Å². The number of rotatable bonds is 4. The van der Waals surface area contributed by atoms with Crippen LogP contribution in [0.15, 0.2) is 18.2 Å². The lowest BCUT2D eigenvalue weighted by molar-refractivity contribution is 0.0943. The first-order valence-corrected chi connectivity index (χ1v) is 8.14. The molecule has 0 atom stereocenters. The van der Waals surface area contributed by atoms with E-state index in [1.807, 2.05) is 0 Å². The molecule has 21 heavy (non-hydrogen) atoms. The van der Waals surface area contributed by atoms with Crippen molar-refractivity contribution in [1.29, 1.82) is 0 Å². The Morgan fingerprint density at radius 1 is 1.52 bits per heavy atom.